The molecule has 0 atom stereocenters. The fourth-order valence-electron chi connectivity index (χ4n) is 2.34. The second-order valence-electron chi connectivity index (χ2n) is 5.56. The molecule has 0 aliphatic heterocycles. The van der Waals surface area contributed by atoms with Gasteiger partial charge in [0.1, 0.15) is 5.82 Å². The van der Waals surface area contributed by atoms with Crippen LogP contribution < -0.4 is 5.32 Å². The van der Waals surface area contributed by atoms with Gasteiger partial charge in [0.15, 0.2) is 0 Å². The number of benzene rings is 1. The molecule has 1 aromatic heterocycles. The summed E-state index contributed by atoms with van der Waals surface area (Å²) in [5, 5.41) is 3.51. The molecule has 0 radical (unpaired) electrons. The molecule has 3 rings (SSSR count). The molecule has 1 saturated carbocycles. The average molecular weight is 267 g/mol. The Balaban J connectivity index is 1.62. The van der Waals surface area contributed by atoms with E-state index >= 15 is 0 Å². The Bertz CT molecular complexity index is 562. The van der Waals surface area contributed by atoms with Crippen LogP contribution in [0.4, 0.5) is 0 Å². The van der Waals surface area contributed by atoms with Gasteiger partial charge in [-0.1, -0.05) is 30.3 Å². The van der Waals surface area contributed by atoms with Crippen molar-refractivity contribution < 1.29 is 0 Å². The van der Waals surface area contributed by atoms with Crippen molar-refractivity contribution in [2.75, 3.05) is 0 Å². The number of aromatic nitrogens is 2. The lowest BCUT2D eigenvalue weighted by Gasteiger charge is -2.07. The summed E-state index contributed by atoms with van der Waals surface area (Å²) >= 11 is 0. The van der Waals surface area contributed by atoms with Crippen LogP contribution in [0.1, 0.15) is 35.6 Å². The van der Waals surface area contributed by atoms with Gasteiger partial charge in [-0.3, -0.25) is 0 Å². The fourth-order valence-corrected chi connectivity index (χ4v) is 2.34. The Morgan fingerprint density at radius 2 is 1.90 bits per heavy atom. The van der Waals surface area contributed by atoms with Crippen LogP contribution >= 0.6 is 0 Å². The molecular weight excluding hydrogens is 246 g/mol. The number of hydrogen-bond acceptors (Lipinski definition) is 3. The highest BCUT2D eigenvalue weighted by atomic mass is 15.0. The lowest BCUT2D eigenvalue weighted by Crippen LogP contribution is -2.17. The Morgan fingerprint density at radius 1 is 1.10 bits per heavy atom. The number of hydrogen-bond donors (Lipinski definition) is 1. The van der Waals surface area contributed by atoms with Gasteiger partial charge in [-0.05, 0) is 37.8 Å². The zero-order chi connectivity index (χ0) is 13.8. The molecule has 1 fully saturated rings. The smallest absolute Gasteiger partial charge is 0.129 e. The molecule has 0 bridgehead atoms. The molecule has 1 aliphatic carbocycles. The molecule has 3 heteroatoms. The first-order valence-corrected chi connectivity index (χ1v) is 7.40. The topological polar surface area (TPSA) is 37.8 Å². The quantitative estimate of drug-likeness (QED) is 0.874. The minimum Gasteiger partial charge on any atom is -0.308 e. The third kappa shape index (κ3) is 3.87. The second kappa shape index (κ2) is 6.14. The Kier molecular flexibility index (Phi) is 4.07. The normalized spacial score (nSPS) is 14.4. The van der Waals surface area contributed by atoms with E-state index in [2.05, 4.69) is 45.6 Å². The summed E-state index contributed by atoms with van der Waals surface area (Å²) in [5.41, 5.74) is 3.53. The van der Waals surface area contributed by atoms with Gasteiger partial charge < -0.3 is 5.32 Å². The molecule has 104 valence electrons. The van der Waals surface area contributed by atoms with Gasteiger partial charge in [0, 0.05) is 24.7 Å². The van der Waals surface area contributed by atoms with Crippen LogP contribution in [-0.4, -0.2) is 16.0 Å². The van der Waals surface area contributed by atoms with E-state index in [0.29, 0.717) is 0 Å². The maximum atomic E-state index is 4.67. The van der Waals surface area contributed by atoms with Crippen molar-refractivity contribution in [2.45, 2.75) is 45.2 Å². The molecule has 0 saturated heterocycles. The van der Waals surface area contributed by atoms with E-state index in [1.165, 1.54) is 18.4 Å². The predicted molar refractivity (Wildman–Crippen MR) is 80.5 cm³/mol. The van der Waals surface area contributed by atoms with E-state index in [4.69, 9.17) is 0 Å². The van der Waals surface area contributed by atoms with Gasteiger partial charge in [-0.2, -0.15) is 0 Å². The first-order chi connectivity index (χ1) is 9.79. The SMILES string of the molecule is Cc1cc(CNC2CC2)nc(CCc2ccccc2)n1. The number of nitrogens with zero attached hydrogens (tertiary/aromatic N) is 2. The van der Waals surface area contributed by atoms with Crippen molar-refractivity contribution in [3.8, 4) is 0 Å². The zero-order valence-corrected chi connectivity index (χ0v) is 12.0. The van der Waals surface area contributed by atoms with Crippen molar-refractivity contribution >= 4 is 0 Å². The summed E-state index contributed by atoms with van der Waals surface area (Å²) in [6.07, 6.45) is 4.53. The molecular formula is C17H21N3. The highest BCUT2D eigenvalue weighted by Crippen LogP contribution is 2.19. The van der Waals surface area contributed by atoms with Crippen molar-refractivity contribution in [2.24, 2.45) is 0 Å². The maximum absolute atomic E-state index is 4.67. The maximum Gasteiger partial charge on any atom is 0.129 e. The number of rotatable bonds is 6. The minimum absolute atomic E-state index is 0.720. The van der Waals surface area contributed by atoms with Crippen molar-refractivity contribution in [1.82, 2.24) is 15.3 Å². The van der Waals surface area contributed by atoms with Crippen LogP contribution in [0, 0.1) is 6.92 Å². The second-order valence-corrected chi connectivity index (χ2v) is 5.56. The molecule has 20 heavy (non-hydrogen) atoms. The summed E-state index contributed by atoms with van der Waals surface area (Å²) in [6.45, 7) is 2.92. The minimum atomic E-state index is 0.720. The monoisotopic (exact) mass is 267 g/mol. The van der Waals surface area contributed by atoms with Crippen LogP contribution in [0.2, 0.25) is 0 Å². The van der Waals surface area contributed by atoms with Crippen molar-refractivity contribution in [3.05, 3.63) is 59.2 Å². The lowest BCUT2D eigenvalue weighted by atomic mass is 10.1. The van der Waals surface area contributed by atoms with Gasteiger partial charge in [0.2, 0.25) is 0 Å². The summed E-state index contributed by atoms with van der Waals surface area (Å²) in [5.74, 6) is 0.960. The Hall–Kier alpha value is -1.74. The molecule has 0 unspecified atom stereocenters. The highest BCUT2D eigenvalue weighted by molar-refractivity contribution is 5.16. The molecule has 2 aromatic rings. The summed E-state index contributed by atoms with van der Waals surface area (Å²) in [7, 11) is 0. The Labute approximate surface area is 120 Å². The van der Waals surface area contributed by atoms with Crippen LogP contribution in [0.3, 0.4) is 0 Å². The van der Waals surface area contributed by atoms with Gasteiger partial charge in [0.05, 0.1) is 5.69 Å². The van der Waals surface area contributed by atoms with Gasteiger partial charge in [0.25, 0.3) is 0 Å². The van der Waals surface area contributed by atoms with Crippen LogP contribution in [0.15, 0.2) is 36.4 Å². The van der Waals surface area contributed by atoms with Crippen LogP contribution in [0.25, 0.3) is 0 Å². The molecule has 1 aliphatic rings. The first-order valence-electron chi connectivity index (χ1n) is 7.40. The van der Waals surface area contributed by atoms with E-state index in [0.717, 1.165) is 42.6 Å². The average Bonchev–Trinajstić information content (AvgIpc) is 3.28. The van der Waals surface area contributed by atoms with E-state index in [9.17, 15) is 0 Å². The van der Waals surface area contributed by atoms with Gasteiger partial charge in [-0.25, -0.2) is 9.97 Å². The predicted octanol–water partition coefficient (Wildman–Crippen LogP) is 2.82. The third-order valence-electron chi connectivity index (χ3n) is 3.58. The summed E-state index contributed by atoms with van der Waals surface area (Å²) < 4.78 is 0. The van der Waals surface area contributed by atoms with Crippen LogP contribution in [-0.2, 0) is 19.4 Å². The van der Waals surface area contributed by atoms with E-state index < -0.39 is 0 Å². The first kappa shape index (κ1) is 13.3. The molecule has 0 spiro atoms. The fraction of sp³-hybridized carbons (Fsp3) is 0.412. The van der Waals surface area contributed by atoms with E-state index in [-0.39, 0.29) is 0 Å². The summed E-state index contributed by atoms with van der Waals surface area (Å²) in [4.78, 5) is 9.23. The Morgan fingerprint density at radius 3 is 2.65 bits per heavy atom. The zero-order valence-electron chi connectivity index (χ0n) is 12.0. The number of aryl methyl sites for hydroxylation is 3. The molecule has 3 nitrogen and oxygen atoms in total. The molecule has 1 N–H and O–H groups in total. The molecule has 1 heterocycles. The lowest BCUT2D eigenvalue weighted by molar-refractivity contribution is 0.664. The third-order valence-corrected chi connectivity index (χ3v) is 3.58. The number of nitrogens with one attached hydrogen (secondary N) is 1. The standard InChI is InChI=1S/C17H21N3/c1-13-11-16(12-18-15-8-9-15)20-17(19-13)10-7-14-5-3-2-4-6-14/h2-6,11,15,18H,7-10,12H2,1H3. The summed E-state index contributed by atoms with van der Waals surface area (Å²) in [6, 6.07) is 13.3. The van der Waals surface area contributed by atoms with Gasteiger partial charge >= 0.3 is 0 Å². The highest BCUT2D eigenvalue weighted by Gasteiger charge is 2.20. The van der Waals surface area contributed by atoms with Crippen LogP contribution in [0.5, 0.6) is 0 Å². The van der Waals surface area contributed by atoms with Gasteiger partial charge in [-0.15, -0.1) is 0 Å². The van der Waals surface area contributed by atoms with Crippen molar-refractivity contribution in [1.29, 1.82) is 0 Å². The van der Waals surface area contributed by atoms with E-state index in [1.54, 1.807) is 0 Å². The molecule has 1 aromatic carbocycles. The largest absolute Gasteiger partial charge is 0.308 e. The van der Waals surface area contributed by atoms with Crippen molar-refractivity contribution in [3.63, 3.8) is 0 Å². The van der Waals surface area contributed by atoms with E-state index in [1.807, 2.05) is 13.0 Å². The molecule has 0 amide bonds.